The molecule has 0 atom stereocenters. The van der Waals surface area contributed by atoms with Gasteiger partial charge in [-0.3, -0.25) is 9.69 Å². The molecule has 1 aliphatic heterocycles. The molecule has 0 bridgehead atoms. The standard InChI is InChI=1S/C22H27N3O4/c1-3-29-20-10-6-18(7-11-20)25-15-14-24(22(25)27)16-21(26)23-13-12-17-4-8-19(28-2)9-5-17/h4-11H,3,12-16H2,1-2H3,(H,23,26). The lowest BCUT2D eigenvalue weighted by Crippen LogP contribution is -2.40. The second kappa shape index (κ2) is 9.82. The minimum Gasteiger partial charge on any atom is -0.497 e. The van der Waals surface area contributed by atoms with E-state index >= 15 is 0 Å². The number of benzene rings is 2. The number of urea groups is 1. The lowest BCUT2D eigenvalue weighted by atomic mass is 10.1. The maximum absolute atomic E-state index is 12.6. The van der Waals surface area contributed by atoms with Gasteiger partial charge < -0.3 is 19.7 Å². The van der Waals surface area contributed by atoms with Gasteiger partial charge in [-0.05, 0) is 55.3 Å². The van der Waals surface area contributed by atoms with Crippen LogP contribution in [0.15, 0.2) is 48.5 Å². The Morgan fingerprint density at radius 2 is 1.72 bits per heavy atom. The largest absolute Gasteiger partial charge is 0.497 e. The Bertz CT molecular complexity index is 821. The van der Waals surface area contributed by atoms with E-state index < -0.39 is 0 Å². The number of nitrogens with zero attached hydrogens (tertiary/aromatic N) is 2. The summed E-state index contributed by atoms with van der Waals surface area (Å²) in [5, 5.41) is 2.88. The fourth-order valence-corrected chi connectivity index (χ4v) is 3.23. The molecule has 1 heterocycles. The average molecular weight is 397 g/mol. The first-order valence-corrected chi connectivity index (χ1v) is 9.79. The first-order chi connectivity index (χ1) is 14.1. The summed E-state index contributed by atoms with van der Waals surface area (Å²) in [7, 11) is 1.63. The molecule has 7 nitrogen and oxygen atoms in total. The third kappa shape index (κ3) is 5.40. The van der Waals surface area contributed by atoms with E-state index in [1.54, 1.807) is 16.9 Å². The Hall–Kier alpha value is -3.22. The van der Waals surface area contributed by atoms with Crippen LogP contribution in [0.2, 0.25) is 0 Å². The van der Waals surface area contributed by atoms with Gasteiger partial charge in [0.05, 0.1) is 13.7 Å². The van der Waals surface area contributed by atoms with E-state index in [1.165, 1.54) is 0 Å². The molecular formula is C22H27N3O4. The number of anilines is 1. The van der Waals surface area contributed by atoms with Gasteiger partial charge in [0.25, 0.3) is 0 Å². The summed E-state index contributed by atoms with van der Waals surface area (Å²) in [4.78, 5) is 28.1. The molecule has 29 heavy (non-hydrogen) atoms. The quantitative estimate of drug-likeness (QED) is 0.706. The predicted octanol–water partition coefficient (Wildman–Crippen LogP) is 2.69. The summed E-state index contributed by atoms with van der Waals surface area (Å²) in [5.41, 5.74) is 1.92. The van der Waals surface area contributed by atoms with E-state index in [9.17, 15) is 9.59 Å². The molecular weight excluding hydrogens is 370 g/mol. The van der Waals surface area contributed by atoms with E-state index in [4.69, 9.17) is 9.47 Å². The van der Waals surface area contributed by atoms with E-state index in [1.807, 2.05) is 55.5 Å². The molecule has 7 heteroatoms. The zero-order valence-corrected chi connectivity index (χ0v) is 16.9. The summed E-state index contributed by atoms with van der Waals surface area (Å²) >= 11 is 0. The summed E-state index contributed by atoms with van der Waals surface area (Å²) < 4.78 is 10.6. The van der Waals surface area contributed by atoms with E-state index in [-0.39, 0.29) is 18.5 Å². The summed E-state index contributed by atoms with van der Waals surface area (Å²) in [6.45, 7) is 4.20. The van der Waals surface area contributed by atoms with Crippen LogP contribution in [0.1, 0.15) is 12.5 Å². The molecule has 0 spiro atoms. The summed E-state index contributed by atoms with van der Waals surface area (Å²) in [5.74, 6) is 1.43. The van der Waals surface area contributed by atoms with Crippen LogP contribution in [0, 0.1) is 0 Å². The second-order valence-electron chi connectivity index (χ2n) is 6.73. The van der Waals surface area contributed by atoms with Gasteiger partial charge in [0.2, 0.25) is 5.91 Å². The van der Waals surface area contributed by atoms with Crippen molar-refractivity contribution in [3.63, 3.8) is 0 Å². The zero-order chi connectivity index (χ0) is 20.6. The molecule has 1 N–H and O–H groups in total. The van der Waals surface area contributed by atoms with Crippen molar-refractivity contribution in [2.24, 2.45) is 0 Å². The van der Waals surface area contributed by atoms with Gasteiger partial charge in [0.1, 0.15) is 18.0 Å². The van der Waals surface area contributed by atoms with Gasteiger partial charge in [0.15, 0.2) is 0 Å². The van der Waals surface area contributed by atoms with Crippen molar-refractivity contribution in [1.82, 2.24) is 10.2 Å². The number of nitrogens with one attached hydrogen (secondary N) is 1. The van der Waals surface area contributed by atoms with Crippen LogP contribution in [-0.4, -0.2) is 56.7 Å². The van der Waals surface area contributed by atoms with Crippen LogP contribution in [0.3, 0.4) is 0 Å². The number of rotatable bonds is 9. The van der Waals surface area contributed by atoms with Crippen molar-refractivity contribution >= 4 is 17.6 Å². The number of hydrogen-bond donors (Lipinski definition) is 1. The Morgan fingerprint density at radius 1 is 1.03 bits per heavy atom. The van der Waals surface area contributed by atoms with Gasteiger partial charge in [-0.15, -0.1) is 0 Å². The summed E-state index contributed by atoms with van der Waals surface area (Å²) in [6.07, 6.45) is 0.724. The Morgan fingerprint density at radius 3 is 2.38 bits per heavy atom. The molecule has 2 aromatic carbocycles. The maximum atomic E-state index is 12.6. The zero-order valence-electron chi connectivity index (χ0n) is 16.9. The fraction of sp³-hybridized carbons (Fsp3) is 0.364. The Balaban J connectivity index is 1.45. The third-order valence-electron chi connectivity index (χ3n) is 4.78. The van der Waals surface area contributed by atoms with Gasteiger partial charge in [-0.25, -0.2) is 4.79 Å². The number of hydrogen-bond acceptors (Lipinski definition) is 4. The van der Waals surface area contributed by atoms with E-state index in [0.29, 0.717) is 26.2 Å². The van der Waals surface area contributed by atoms with Crippen LogP contribution in [0.4, 0.5) is 10.5 Å². The second-order valence-corrected chi connectivity index (χ2v) is 6.73. The average Bonchev–Trinajstić information content (AvgIpc) is 3.09. The normalized spacial score (nSPS) is 13.5. The van der Waals surface area contributed by atoms with Crippen molar-refractivity contribution in [3.8, 4) is 11.5 Å². The van der Waals surface area contributed by atoms with Gasteiger partial charge in [-0.2, -0.15) is 0 Å². The molecule has 0 saturated carbocycles. The first kappa shape index (κ1) is 20.5. The summed E-state index contributed by atoms with van der Waals surface area (Å²) in [6, 6.07) is 15.0. The number of carbonyl (C=O) groups is 2. The molecule has 2 aromatic rings. The lowest BCUT2D eigenvalue weighted by molar-refractivity contribution is -0.121. The van der Waals surface area contributed by atoms with Crippen LogP contribution < -0.4 is 19.7 Å². The molecule has 0 aliphatic carbocycles. The Labute approximate surface area is 171 Å². The highest BCUT2D eigenvalue weighted by Crippen LogP contribution is 2.23. The molecule has 0 aromatic heterocycles. The molecule has 0 unspecified atom stereocenters. The predicted molar refractivity (Wildman–Crippen MR) is 112 cm³/mol. The first-order valence-electron chi connectivity index (χ1n) is 9.79. The Kier molecular flexibility index (Phi) is 6.94. The molecule has 154 valence electrons. The van der Waals surface area contributed by atoms with E-state index in [0.717, 1.165) is 29.2 Å². The monoisotopic (exact) mass is 397 g/mol. The number of methoxy groups -OCH3 is 1. The molecule has 1 fully saturated rings. The van der Waals surface area contributed by atoms with Gasteiger partial charge >= 0.3 is 6.03 Å². The molecule has 1 aliphatic rings. The lowest BCUT2D eigenvalue weighted by Gasteiger charge is -2.18. The van der Waals surface area contributed by atoms with Crippen molar-refractivity contribution in [3.05, 3.63) is 54.1 Å². The highest BCUT2D eigenvalue weighted by Gasteiger charge is 2.30. The van der Waals surface area contributed by atoms with Crippen molar-refractivity contribution in [2.45, 2.75) is 13.3 Å². The molecule has 0 radical (unpaired) electrons. The number of carbonyl (C=O) groups excluding carboxylic acids is 2. The fourth-order valence-electron chi connectivity index (χ4n) is 3.23. The minimum atomic E-state index is -0.153. The van der Waals surface area contributed by atoms with Crippen LogP contribution in [-0.2, 0) is 11.2 Å². The smallest absolute Gasteiger partial charge is 0.325 e. The van der Waals surface area contributed by atoms with Crippen LogP contribution in [0.5, 0.6) is 11.5 Å². The molecule has 3 amide bonds. The molecule has 1 saturated heterocycles. The van der Waals surface area contributed by atoms with E-state index in [2.05, 4.69) is 5.32 Å². The number of ether oxygens (including phenoxy) is 2. The third-order valence-corrected chi connectivity index (χ3v) is 4.78. The maximum Gasteiger partial charge on any atom is 0.325 e. The highest BCUT2D eigenvalue weighted by atomic mass is 16.5. The van der Waals surface area contributed by atoms with Gasteiger partial charge in [-0.1, -0.05) is 12.1 Å². The highest BCUT2D eigenvalue weighted by molar-refractivity contribution is 5.96. The molecule has 3 rings (SSSR count). The van der Waals surface area contributed by atoms with Crippen LogP contribution in [0.25, 0.3) is 0 Å². The van der Waals surface area contributed by atoms with Gasteiger partial charge in [0, 0.05) is 25.3 Å². The van der Waals surface area contributed by atoms with Crippen LogP contribution >= 0.6 is 0 Å². The minimum absolute atomic E-state index is 0.0645. The number of amides is 3. The van der Waals surface area contributed by atoms with Crippen molar-refractivity contribution < 1.29 is 19.1 Å². The van der Waals surface area contributed by atoms with Crippen molar-refractivity contribution in [2.75, 3.05) is 44.8 Å². The topological polar surface area (TPSA) is 71.1 Å². The SMILES string of the molecule is CCOc1ccc(N2CCN(CC(=O)NCCc3ccc(OC)cc3)C2=O)cc1. The van der Waals surface area contributed by atoms with Crippen molar-refractivity contribution in [1.29, 1.82) is 0 Å².